The molecule has 12 heteroatoms. The highest BCUT2D eigenvalue weighted by atomic mass is 32.3. The van der Waals surface area contributed by atoms with E-state index in [1.807, 2.05) is 0 Å². The quantitative estimate of drug-likeness (QED) is 0.388. The molecule has 0 spiro atoms. The largest absolute Gasteiger partial charge is 0.390 e. The summed E-state index contributed by atoms with van der Waals surface area (Å²) in [6.07, 6.45) is -2.70. The molecule has 4 aliphatic heterocycles. The minimum Gasteiger partial charge on any atom is -0.390 e. The van der Waals surface area contributed by atoms with Gasteiger partial charge in [-0.15, -0.1) is 47.0 Å². The summed E-state index contributed by atoms with van der Waals surface area (Å²) < 4.78 is 7.40. The molecule has 0 aromatic rings. The van der Waals surface area contributed by atoms with Crippen molar-refractivity contribution < 1.29 is 20.4 Å². The van der Waals surface area contributed by atoms with Crippen LogP contribution in [-0.4, -0.2) is 67.9 Å². The van der Waals surface area contributed by atoms with E-state index in [1.165, 1.54) is 25.4 Å². The van der Waals surface area contributed by atoms with Crippen LogP contribution >= 0.6 is 94.1 Å². The molecule has 0 bridgehead atoms. The SMILES string of the molecule is O[C@@H]1CSC2=C(SC[C@H]1O)SC(=C1SC3=C(SC[C@@H](O)[C@H](O)CS3)S1)S2. The van der Waals surface area contributed by atoms with Gasteiger partial charge in [0.15, 0.2) is 0 Å². The first-order valence-electron chi connectivity index (χ1n) is 7.69. The number of aliphatic hydroxyl groups is 4. The van der Waals surface area contributed by atoms with Crippen molar-refractivity contribution >= 4 is 94.1 Å². The van der Waals surface area contributed by atoms with E-state index in [2.05, 4.69) is 0 Å². The van der Waals surface area contributed by atoms with E-state index in [-0.39, 0.29) is 0 Å². The molecule has 26 heavy (non-hydrogen) atoms. The molecule has 0 radical (unpaired) electrons. The lowest BCUT2D eigenvalue weighted by Gasteiger charge is -2.20. The summed E-state index contributed by atoms with van der Waals surface area (Å²) >= 11 is 13.5. The lowest BCUT2D eigenvalue weighted by molar-refractivity contribution is 0.0501. The molecular formula is C14H16O4S8. The zero-order valence-corrected chi connectivity index (χ0v) is 19.7. The molecule has 4 N–H and O–H groups in total. The molecular weight excluding hydrogens is 489 g/mol. The fourth-order valence-electron chi connectivity index (χ4n) is 2.15. The second-order valence-electron chi connectivity index (χ2n) is 5.65. The Balaban J connectivity index is 1.46. The topological polar surface area (TPSA) is 80.9 Å². The van der Waals surface area contributed by atoms with Crippen LogP contribution in [0.3, 0.4) is 0 Å². The smallest absolute Gasteiger partial charge is 0.0901 e. The van der Waals surface area contributed by atoms with Crippen LogP contribution in [0.1, 0.15) is 0 Å². The first-order chi connectivity index (χ1) is 12.5. The normalized spacial score (nSPS) is 36.5. The van der Waals surface area contributed by atoms with Crippen molar-refractivity contribution in [2.75, 3.05) is 23.0 Å². The molecule has 4 atom stereocenters. The van der Waals surface area contributed by atoms with E-state index in [0.717, 1.165) is 0 Å². The monoisotopic (exact) mass is 504 g/mol. The molecule has 4 rings (SSSR count). The molecule has 4 heterocycles. The average molecular weight is 505 g/mol. The lowest BCUT2D eigenvalue weighted by atomic mass is 10.3. The van der Waals surface area contributed by atoms with Crippen molar-refractivity contribution in [3.63, 3.8) is 0 Å². The maximum absolute atomic E-state index is 9.92. The van der Waals surface area contributed by atoms with Crippen molar-refractivity contribution in [3.05, 3.63) is 25.4 Å². The number of hydrogen-bond acceptors (Lipinski definition) is 12. The molecule has 0 amide bonds. The van der Waals surface area contributed by atoms with E-state index in [0.29, 0.717) is 23.0 Å². The number of hydrogen-bond donors (Lipinski definition) is 4. The van der Waals surface area contributed by atoms with Gasteiger partial charge >= 0.3 is 0 Å². The lowest BCUT2D eigenvalue weighted by Crippen LogP contribution is -2.30. The van der Waals surface area contributed by atoms with Crippen molar-refractivity contribution in [3.8, 4) is 0 Å². The van der Waals surface area contributed by atoms with Gasteiger partial charge in [-0.25, -0.2) is 0 Å². The predicted molar refractivity (Wildman–Crippen MR) is 125 cm³/mol. The van der Waals surface area contributed by atoms with Gasteiger partial charge in [0.25, 0.3) is 0 Å². The summed E-state index contributed by atoms with van der Waals surface area (Å²) in [4.78, 5) is 0. The molecule has 144 valence electrons. The molecule has 0 saturated heterocycles. The Hall–Kier alpha value is 1.86. The third-order valence-electron chi connectivity index (χ3n) is 3.67. The number of thioether (sulfide) groups is 8. The van der Waals surface area contributed by atoms with Gasteiger partial charge in [0, 0.05) is 23.0 Å². The van der Waals surface area contributed by atoms with Crippen LogP contribution in [0, 0.1) is 0 Å². The van der Waals surface area contributed by atoms with Gasteiger partial charge in [0.05, 0.1) is 49.8 Å². The molecule has 0 aromatic carbocycles. The predicted octanol–water partition coefficient (Wildman–Crippen LogP) is 3.73. The van der Waals surface area contributed by atoms with Gasteiger partial charge in [-0.05, 0) is 0 Å². The zero-order chi connectivity index (χ0) is 18.3. The molecule has 0 unspecified atom stereocenters. The Morgan fingerprint density at radius 2 is 0.654 bits per heavy atom. The van der Waals surface area contributed by atoms with E-state index < -0.39 is 24.4 Å². The second kappa shape index (κ2) is 9.34. The van der Waals surface area contributed by atoms with Crippen molar-refractivity contribution in [1.82, 2.24) is 0 Å². The Morgan fingerprint density at radius 1 is 0.423 bits per heavy atom. The Morgan fingerprint density at radius 3 is 0.885 bits per heavy atom. The standard InChI is InChI=1S/C14H16O4S8/c15-5-1-19-9-10(20-2-6(5)16)24-13(23-9)14-25-11-12(26-14)22-4-8(18)7(17)3-21-11/h5-8,15-18H,1-4H2/t5-,6-,7-,8-/m1/s1. The van der Waals surface area contributed by atoms with Gasteiger partial charge in [0.1, 0.15) is 0 Å². The van der Waals surface area contributed by atoms with Gasteiger partial charge in [-0.3, -0.25) is 0 Å². The zero-order valence-electron chi connectivity index (χ0n) is 13.2. The maximum Gasteiger partial charge on any atom is 0.0901 e. The van der Waals surface area contributed by atoms with Crippen LogP contribution in [0.15, 0.2) is 25.4 Å². The molecule has 0 fully saturated rings. The fraction of sp³-hybridized carbons (Fsp3) is 0.571. The van der Waals surface area contributed by atoms with Crippen LogP contribution in [0.5, 0.6) is 0 Å². The maximum atomic E-state index is 9.92. The summed E-state index contributed by atoms with van der Waals surface area (Å²) in [7, 11) is 0. The first kappa shape index (κ1) is 21.1. The number of rotatable bonds is 0. The Kier molecular flexibility index (Phi) is 7.58. The third-order valence-corrected chi connectivity index (χ3v) is 15.6. The van der Waals surface area contributed by atoms with Crippen molar-refractivity contribution in [2.24, 2.45) is 0 Å². The highest BCUT2D eigenvalue weighted by Crippen LogP contribution is 2.66. The minimum atomic E-state index is -0.675. The van der Waals surface area contributed by atoms with E-state index in [1.54, 1.807) is 94.1 Å². The van der Waals surface area contributed by atoms with Crippen LogP contribution in [0.25, 0.3) is 0 Å². The Labute approximate surface area is 186 Å². The summed E-state index contributed by atoms with van der Waals surface area (Å²) in [5, 5.41) is 39.7. The van der Waals surface area contributed by atoms with Crippen molar-refractivity contribution in [2.45, 2.75) is 24.4 Å². The van der Waals surface area contributed by atoms with Crippen LogP contribution < -0.4 is 0 Å². The highest BCUT2D eigenvalue weighted by Gasteiger charge is 2.34. The fourth-order valence-corrected chi connectivity index (χ4v) is 14.3. The summed E-state index contributed by atoms with van der Waals surface area (Å²) in [5.74, 6) is 2.08. The van der Waals surface area contributed by atoms with Gasteiger partial charge < -0.3 is 20.4 Å². The summed E-state index contributed by atoms with van der Waals surface area (Å²) in [6, 6.07) is 0. The third kappa shape index (κ3) is 4.77. The van der Waals surface area contributed by atoms with E-state index in [9.17, 15) is 20.4 Å². The molecule has 0 saturated carbocycles. The van der Waals surface area contributed by atoms with Crippen LogP contribution in [0.2, 0.25) is 0 Å². The first-order valence-corrected chi connectivity index (χ1v) is 14.9. The summed E-state index contributed by atoms with van der Waals surface area (Å²) in [6.45, 7) is 0. The van der Waals surface area contributed by atoms with Crippen LogP contribution in [0.4, 0.5) is 0 Å². The number of aliphatic hydroxyl groups excluding tert-OH is 4. The van der Waals surface area contributed by atoms with Gasteiger partial charge in [0.2, 0.25) is 0 Å². The molecule has 0 aliphatic carbocycles. The molecule has 4 nitrogen and oxygen atoms in total. The minimum absolute atomic E-state index is 0.521. The molecule has 0 aromatic heterocycles. The highest BCUT2D eigenvalue weighted by molar-refractivity contribution is 8.45. The average Bonchev–Trinajstić information content (AvgIpc) is 3.21. The Bertz CT molecular complexity index is 570. The van der Waals surface area contributed by atoms with Crippen LogP contribution in [-0.2, 0) is 0 Å². The van der Waals surface area contributed by atoms with Gasteiger partial charge in [-0.1, -0.05) is 47.0 Å². The van der Waals surface area contributed by atoms with E-state index >= 15 is 0 Å². The summed E-state index contributed by atoms with van der Waals surface area (Å²) in [5.41, 5.74) is 0. The van der Waals surface area contributed by atoms with E-state index in [4.69, 9.17) is 0 Å². The van der Waals surface area contributed by atoms with Gasteiger partial charge in [-0.2, -0.15) is 0 Å². The van der Waals surface area contributed by atoms with Crippen molar-refractivity contribution in [1.29, 1.82) is 0 Å². The second-order valence-corrected chi connectivity index (χ2v) is 15.4. The molecule has 4 aliphatic rings.